The molecule has 3 heteroatoms. The molecule has 0 aromatic rings. The largest absolute Gasteiger partial charge is 0.308 e. The Morgan fingerprint density at radius 2 is 1.93 bits per heavy atom. The van der Waals surface area contributed by atoms with E-state index >= 15 is 0 Å². The van der Waals surface area contributed by atoms with E-state index in [9.17, 15) is 0 Å². The van der Waals surface area contributed by atoms with Crippen LogP contribution in [0.2, 0.25) is 0 Å². The fourth-order valence-corrected chi connectivity index (χ4v) is 2.42. The monoisotopic (exact) mass is 216 g/mol. The van der Waals surface area contributed by atoms with Crippen molar-refractivity contribution in [2.24, 2.45) is 11.3 Å². The third kappa shape index (κ3) is 3.44. The highest BCUT2D eigenvalue weighted by atomic mass is 32.1. The van der Waals surface area contributed by atoms with Crippen molar-refractivity contribution in [1.29, 1.82) is 0 Å². The van der Waals surface area contributed by atoms with Gasteiger partial charge in [-0.1, -0.05) is 13.8 Å². The molecule has 0 aromatic carbocycles. The Morgan fingerprint density at radius 3 is 2.43 bits per heavy atom. The van der Waals surface area contributed by atoms with Crippen molar-refractivity contribution in [2.75, 3.05) is 32.6 Å². The minimum Gasteiger partial charge on any atom is -0.308 e. The second kappa shape index (κ2) is 5.38. The van der Waals surface area contributed by atoms with Gasteiger partial charge in [0, 0.05) is 12.4 Å². The van der Waals surface area contributed by atoms with E-state index in [4.69, 9.17) is 0 Å². The van der Waals surface area contributed by atoms with E-state index in [1.165, 1.54) is 25.9 Å². The van der Waals surface area contributed by atoms with Gasteiger partial charge in [0.2, 0.25) is 0 Å². The predicted octanol–water partition coefficient (Wildman–Crippen LogP) is 1.83. The summed E-state index contributed by atoms with van der Waals surface area (Å²) >= 11 is 4.19. The average Bonchev–Trinajstić information content (AvgIpc) is 2.16. The molecule has 0 spiro atoms. The van der Waals surface area contributed by atoms with Crippen LogP contribution in [-0.2, 0) is 0 Å². The zero-order valence-electron chi connectivity index (χ0n) is 9.71. The Hall–Kier alpha value is 0.270. The van der Waals surface area contributed by atoms with Gasteiger partial charge in [-0.05, 0) is 44.3 Å². The molecule has 1 aliphatic rings. The first-order valence-corrected chi connectivity index (χ1v) is 6.19. The van der Waals surface area contributed by atoms with Gasteiger partial charge in [-0.25, -0.2) is 0 Å². The summed E-state index contributed by atoms with van der Waals surface area (Å²) in [5, 5.41) is 3.35. The molecule has 0 amide bonds. The van der Waals surface area contributed by atoms with Gasteiger partial charge in [0.25, 0.3) is 0 Å². The summed E-state index contributed by atoms with van der Waals surface area (Å²) in [7, 11) is 2.22. The number of likely N-dealkylation sites (tertiary alicyclic amines) is 1. The Labute approximate surface area is 93.8 Å². The third-order valence-corrected chi connectivity index (χ3v) is 3.74. The van der Waals surface area contributed by atoms with E-state index in [2.05, 4.69) is 43.7 Å². The molecule has 14 heavy (non-hydrogen) atoms. The Kier molecular flexibility index (Phi) is 4.74. The van der Waals surface area contributed by atoms with E-state index < -0.39 is 0 Å². The first-order valence-electron chi connectivity index (χ1n) is 5.56. The normalized spacial score (nSPS) is 21.4. The van der Waals surface area contributed by atoms with Gasteiger partial charge >= 0.3 is 0 Å². The maximum atomic E-state index is 4.19. The first kappa shape index (κ1) is 12.3. The minimum atomic E-state index is 0.421. The molecule has 84 valence electrons. The lowest BCUT2D eigenvalue weighted by molar-refractivity contribution is 0.114. The number of rotatable bonds is 4. The van der Waals surface area contributed by atoms with E-state index in [0.29, 0.717) is 5.41 Å². The highest BCUT2D eigenvalue weighted by molar-refractivity contribution is 7.80. The number of piperidine rings is 1. The second-order valence-corrected chi connectivity index (χ2v) is 5.47. The number of nitrogens with one attached hydrogen (secondary N) is 1. The predicted molar refractivity (Wildman–Crippen MR) is 65.9 cm³/mol. The lowest BCUT2D eigenvalue weighted by Crippen LogP contribution is -2.41. The Balaban J connectivity index is 2.38. The minimum absolute atomic E-state index is 0.421. The van der Waals surface area contributed by atoms with Gasteiger partial charge < -0.3 is 10.2 Å². The fourth-order valence-electron chi connectivity index (χ4n) is 2.31. The Bertz CT molecular complexity index is 163. The molecule has 1 aliphatic heterocycles. The molecule has 0 saturated carbocycles. The topological polar surface area (TPSA) is 15.3 Å². The standard InChI is InChI=1S/C11H24N2S/c1-11(2,8-12-9-14)10-4-6-13(3)7-5-10/h10,12,14H,4-9H2,1-3H3. The van der Waals surface area contributed by atoms with Crippen molar-refractivity contribution < 1.29 is 0 Å². The van der Waals surface area contributed by atoms with Crippen molar-refractivity contribution >= 4 is 12.6 Å². The number of nitrogens with zero attached hydrogens (tertiary/aromatic N) is 1. The van der Waals surface area contributed by atoms with Crippen molar-refractivity contribution in [1.82, 2.24) is 10.2 Å². The summed E-state index contributed by atoms with van der Waals surface area (Å²) in [5.41, 5.74) is 0.421. The highest BCUT2D eigenvalue weighted by Crippen LogP contribution is 2.33. The SMILES string of the molecule is CN1CCC(C(C)(C)CNCS)CC1. The third-order valence-electron chi connectivity index (χ3n) is 3.52. The molecule has 1 heterocycles. The second-order valence-electron chi connectivity index (χ2n) is 5.15. The van der Waals surface area contributed by atoms with E-state index in [1.54, 1.807) is 0 Å². The van der Waals surface area contributed by atoms with Gasteiger partial charge in [-0.15, -0.1) is 0 Å². The van der Waals surface area contributed by atoms with E-state index in [0.717, 1.165) is 18.3 Å². The molecule has 2 nitrogen and oxygen atoms in total. The molecule has 0 atom stereocenters. The van der Waals surface area contributed by atoms with Gasteiger partial charge in [0.05, 0.1) is 0 Å². The molecule has 0 radical (unpaired) electrons. The molecule has 0 bridgehead atoms. The summed E-state index contributed by atoms with van der Waals surface area (Å²) in [6.07, 6.45) is 2.69. The van der Waals surface area contributed by atoms with Crippen LogP contribution < -0.4 is 5.32 Å². The molecule has 1 fully saturated rings. The number of hydrogen-bond donors (Lipinski definition) is 2. The zero-order valence-corrected chi connectivity index (χ0v) is 10.6. The fraction of sp³-hybridized carbons (Fsp3) is 1.00. The van der Waals surface area contributed by atoms with Crippen LogP contribution in [0, 0.1) is 11.3 Å². The van der Waals surface area contributed by atoms with Crippen LogP contribution in [0.15, 0.2) is 0 Å². The van der Waals surface area contributed by atoms with Crippen LogP contribution in [-0.4, -0.2) is 37.5 Å². The summed E-state index contributed by atoms with van der Waals surface area (Å²) < 4.78 is 0. The quantitative estimate of drug-likeness (QED) is 0.551. The maximum Gasteiger partial charge on any atom is 0.0387 e. The van der Waals surface area contributed by atoms with Gasteiger partial charge in [-0.2, -0.15) is 12.6 Å². The molecular formula is C11H24N2S. The van der Waals surface area contributed by atoms with Crippen LogP contribution in [0.4, 0.5) is 0 Å². The lowest BCUT2D eigenvalue weighted by Gasteiger charge is -2.39. The summed E-state index contributed by atoms with van der Waals surface area (Å²) in [4.78, 5) is 2.43. The average molecular weight is 216 g/mol. The molecule has 1 N–H and O–H groups in total. The molecule has 0 aliphatic carbocycles. The van der Waals surface area contributed by atoms with Crippen molar-refractivity contribution in [3.8, 4) is 0 Å². The molecule has 0 aromatic heterocycles. The van der Waals surface area contributed by atoms with Crippen molar-refractivity contribution in [3.63, 3.8) is 0 Å². The molecule has 1 saturated heterocycles. The van der Waals surface area contributed by atoms with E-state index in [1.807, 2.05) is 0 Å². The maximum absolute atomic E-state index is 4.19. The van der Waals surface area contributed by atoms with Crippen LogP contribution >= 0.6 is 12.6 Å². The van der Waals surface area contributed by atoms with Crippen LogP contribution in [0.3, 0.4) is 0 Å². The zero-order chi connectivity index (χ0) is 10.6. The number of thiol groups is 1. The molecule has 0 unspecified atom stereocenters. The van der Waals surface area contributed by atoms with Crippen LogP contribution in [0.5, 0.6) is 0 Å². The van der Waals surface area contributed by atoms with Gasteiger partial charge in [0.15, 0.2) is 0 Å². The summed E-state index contributed by atoms with van der Waals surface area (Å²) in [6.45, 7) is 8.35. The lowest BCUT2D eigenvalue weighted by atomic mass is 9.73. The van der Waals surface area contributed by atoms with Gasteiger partial charge in [0.1, 0.15) is 0 Å². The van der Waals surface area contributed by atoms with Crippen LogP contribution in [0.1, 0.15) is 26.7 Å². The van der Waals surface area contributed by atoms with Crippen molar-refractivity contribution in [2.45, 2.75) is 26.7 Å². The summed E-state index contributed by atoms with van der Waals surface area (Å²) in [5.74, 6) is 1.65. The molecule has 1 rings (SSSR count). The summed E-state index contributed by atoms with van der Waals surface area (Å²) in [6, 6.07) is 0. The Morgan fingerprint density at radius 1 is 1.36 bits per heavy atom. The smallest absolute Gasteiger partial charge is 0.0387 e. The highest BCUT2D eigenvalue weighted by Gasteiger charge is 2.31. The number of hydrogen-bond acceptors (Lipinski definition) is 3. The van der Waals surface area contributed by atoms with Gasteiger partial charge in [-0.3, -0.25) is 0 Å². The van der Waals surface area contributed by atoms with Crippen molar-refractivity contribution in [3.05, 3.63) is 0 Å². The van der Waals surface area contributed by atoms with Crippen LogP contribution in [0.25, 0.3) is 0 Å². The molecular weight excluding hydrogens is 192 g/mol. The van der Waals surface area contributed by atoms with E-state index in [-0.39, 0.29) is 0 Å². The first-order chi connectivity index (χ1) is 6.56.